The Morgan fingerprint density at radius 3 is 3.19 bits per heavy atom. The van der Waals surface area contributed by atoms with Gasteiger partial charge in [-0.3, -0.25) is 9.89 Å². The number of H-pyrrole nitrogens is 1. The first-order valence-electron chi connectivity index (χ1n) is 7.39. The summed E-state index contributed by atoms with van der Waals surface area (Å²) in [5, 5.41) is 9.12. The number of rotatable bonds is 4. The fourth-order valence-electron chi connectivity index (χ4n) is 2.91. The number of amides is 1. The van der Waals surface area contributed by atoms with E-state index in [-0.39, 0.29) is 11.9 Å². The number of nitrogens with two attached hydrogens (primary N) is 1. The number of carbonyl (C=O) groups is 1. The molecule has 3 rings (SSSR count). The molecule has 1 unspecified atom stereocenters. The lowest BCUT2D eigenvalue weighted by Crippen LogP contribution is -2.31. The molecule has 1 atom stereocenters. The lowest BCUT2D eigenvalue weighted by Gasteiger charge is -2.23. The maximum Gasteiger partial charge on any atom is 0.277 e. The predicted molar refractivity (Wildman–Crippen MR) is 84.3 cm³/mol. The van der Waals surface area contributed by atoms with Gasteiger partial charge in [0.2, 0.25) is 0 Å². The number of aromatic amines is 1. The van der Waals surface area contributed by atoms with Crippen LogP contribution in [0.3, 0.4) is 0 Å². The number of nitrogens with one attached hydrogen (secondary N) is 1. The average Bonchev–Trinajstić information content (AvgIpc) is 3.19. The molecule has 1 fully saturated rings. The average molecular weight is 304 g/mol. The summed E-state index contributed by atoms with van der Waals surface area (Å²) in [6.07, 6.45) is 3.83. The van der Waals surface area contributed by atoms with Gasteiger partial charge in [0, 0.05) is 11.4 Å². The third-order valence-corrected chi connectivity index (χ3v) is 4.94. The van der Waals surface area contributed by atoms with Crippen LogP contribution in [-0.4, -0.2) is 27.5 Å². The summed E-state index contributed by atoms with van der Waals surface area (Å²) in [6, 6.07) is 4.30. The molecule has 0 aromatic carbocycles. The number of aryl methyl sites for hydroxylation is 1. The van der Waals surface area contributed by atoms with E-state index in [2.05, 4.69) is 28.6 Å². The number of likely N-dealkylation sites (tertiary alicyclic amines) is 1. The Kier molecular flexibility index (Phi) is 3.96. The molecule has 0 bridgehead atoms. The zero-order valence-electron chi connectivity index (χ0n) is 12.1. The molecule has 0 saturated carbocycles. The Morgan fingerprint density at radius 2 is 2.48 bits per heavy atom. The van der Waals surface area contributed by atoms with Crippen molar-refractivity contribution in [3.63, 3.8) is 0 Å². The van der Waals surface area contributed by atoms with Crippen molar-refractivity contribution in [1.82, 2.24) is 15.1 Å². The maximum atomic E-state index is 12.8. The fourth-order valence-corrected chi connectivity index (χ4v) is 3.79. The van der Waals surface area contributed by atoms with Crippen LogP contribution in [-0.2, 0) is 6.42 Å². The Hall–Kier alpha value is -1.82. The molecule has 5 nitrogen and oxygen atoms in total. The highest BCUT2D eigenvalue weighted by atomic mass is 32.1. The minimum absolute atomic E-state index is 0.0537. The number of thiophene rings is 1. The zero-order chi connectivity index (χ0) is 14.8. The quantitative estimate of drug-likeness (QED) is 0.912. The van der Waals surface area contributed by atoms with Crippen LogP contribution in [0, 0.1) is 0 Å². The van der Waals surface area contributed by atoms with Crippen LogP contribution in [0.15, 0.2) is 17.5 Å². The number of hydrogen-bond donors (Lipinski definition) is 2. The first kappa shape index (κ1) is 14.1. The SMILES string of the molecule is CCCc1[nH]nc(C(=O)N2CCCC2c2cccs2)c1N. The molecule has 21 heavy (non-hydrogen) atoms. The molecule has 1 aliphatic heterocycles. The van der Waals surface area contributed by atoms with E-state index < -0.39 is 0 Å². The topological polar surface area (TPSA) is 75.0 Å². The summed E-state index contributed by atoms with van der Waals surface area (Å²) in [5.41, 5.74) is 7.84. The van der Waals surface area contributed by atoms with Crippen LogP contribution in [0.5, 0.6) is 0 Å². The molecule has 1 aliphatic rings. The highest BCUT2D eigenvalue weighted by Crippen LogP contribution is 2.36. The Morgan fingerprint density at radius 1 is 1.62 bits per heavy atom. The predicted octanol–water partition coefficient (Wildman–Crippen LogP) is 2.98. The minimum Gasteiger partial charge on any atom is -0.395 e. The van der Waals surface area contributed by atoms with E-state index in [0.717, 1.165) is 37.9 Å². The van der Waals surface area contributed by atoms with Gasteiger partial charge in [-0.2, -0.15) is 5.10 Å². The number of anilines is 1. The monoisotopic (exact) mass is 304 g/mol. The van der Waals surface area contributed by atoms with Gasteiger partial charge in [0.1, 0.15) is 0 Å². The largest absolute Gasteiger partial charge is 0.395 e. The fraction of sp³-hybridized carbons (Fsp3) is 0.467. The highest BCUT2D eigenvalue weighted by Gasteiger charge is 2.33. The first-order valence-corrected chi connectivity index (χ1v) is 8.27. The van der Waals surface area contributed by atoms with Crippen molar-refractivity contribution < 1.29 is 4.79 Å². The molecule has 2 aromatic rings. The van der Waals surface area contributed by atoms with E-state index in [0.29, 0.717) is 11.4 Å². The van der Waals surface area contributed by atoms with E-state index in [4.69, 9.17) is 5.73 Å². The van der Waals surface area contributed by atoms with E-state index in [1.54, 1.807) is 11.3 Å². The van der Waals surface area contributed by atoms with E-state index in [1.807, 2.05) is 11.0 Å². The standard InChI is InChI=1S/C15H20N4OS/c1-2-5-10-13(16)14(18-17-10)15(20)19-8-3-6-11(19)12-7-4-9-21-12/h4,7,9,11H,2-3,5-6,8,16H2,1H3,(H,17,18). The van der Waals surface area contributed by atoms with Crippen molar-refractivity contribution in [3.8, 4) is 0 Å². The lowest BCUT2D eigenvalue weighted by atomic mass is 10.1. The second kappa shape index (κ2) is 5.89. The molecule has 1 saturated heterocycles. The van der Waals surface area contributed by atoms with Gasteiger partial charge in [0.15, 0.2) is 5.69 Å². The van der Waals surface area contributed by atoms with Crippen molar-refractivity contribution in [1.29, 1.82) is 0 Å². The van der Waals surface area contributed by atoms with Gasteiger partial charge in [0.05, 0.1) is 17.4 Å². The molecule has 0 aliphatic carbocycles. The summed E-state index contributed by atoms with van der Waals surface area (Å²) in [5.74, 6) is -0.0537. The Labute approximate surface area is 128 Å². The zero-order valence-corrected chi connectivity index (χ0v) is 12.9. The number of nitrogens with zero attached hydrogens (tertiary/aromatic N) is 2. The second-order valence-corrected chi connectivity index (χ2v) is 6.37. The van der Waals surface area contributed by atoms with Crippen LogP contribution in [0.2, 0.25) is 0 Å². The van der Waals surface area contributed by atoms with Crippen molar-refractivity contribution in [2.45, 2.75) is 38.6 Å². The van der Waals surface area contributed by atoms with Crippen molar-refractivity contribution >= 4 is 22.9 Å². The summed E-state index contributed by atoms with van der Waals surface area (Å²) in [6.45, 7) is 2.85. The summed E-state index contributed by atoms with van der Waals surface area (Å²) in [7, 11) is 0. The number of nitrogen functional groups attached to an aromatic ring is 1. The van der Waals surface area contributed by atoms with Crippen LogP contribution in [0.4, 0.5) is 5.69 Å². The molecule has 3 heterocycles. The molecule has 0 spiro atoms. The van der Waals surface area contributed by atoms with Gasteiger partial charge < -0.3 is 10.6 Å². The number of carbonyl (C=O) groups excluding carboxylic acids is 1. The number of aromatic nitrogens is 2. The number of hydrogen-bond acceptors (Lipinski definition) is 4. The molecule has 0 radical (unpaired) electrons. The molecule has 112 valence electrons. The molecule has 3 N–H and O–H groups in total. The third kappa shape index (κ3) is 2.55. The molecular formula is C15H20N4OS. The Balaban J connectivity index is 1.84. The van der Waals surface area contributed by atoms with Gasteiger partial charge in [0.25, 0.3) is 5.91 Å². The normalized spacial score (nSPS) is 18.3. The van der Waals surface area contributed by atoms with Gasteiger partial charge >= 0.3 is 0 Å². The maximum absolute atomic E-state index is 12.8. The molecule has 1 amide bonds. The van der Waals surface area contributed by atoms with Crippen molar-refractivity contribution in [3.05, 3.63) is 33.8 Å². The van der Waals surface area contributed by atoms with Gasteiger partial charge in [-0.05, 0) is 30.7 Å². The smallest absolute Gasteiger partial charge is 0.277 e. The second-order valence-electron chi connectivity index (χ2n) is 5.39. The Bertz CT molecular complexity index is 620. The third-order valence-electron chi connectivity index (χ3n) is 3.97. The molecule has 6 heteroatoms. The van der Waals surface area contributed by atoms with E-state index >= 15 is 0 Å². The molecular weight excluding hydrogens is 284 g/mol. The van der Waals surface area contributed by atoms with Crippen LogP contribution in [0.1, 0.15) is 53.3 Å². The lowest BCUT2D eigenvalue weighted by molar-refractivity contribution is 0.0733. The van der Waals surface area contributed by atoms with Crippen molar-refractivity contribution in [2.75, 3.05) is 12.3 Å². The molecule has 2 aromatic heterocycles. The van der Waals surface area contributed by atoms with Crippen LogP contribution in [0.25, 0.3) is 0 Å². The summed E-state index contributed by atoms with van der Waals surface area (Å²) >= 11 is 1.70. The highest BCUT2D eigenvalue weighted by molar-refractivity contribution is 7.10. The first-order chi connectivity index (χ1) is 10.2. The van der Waals surface area contributed by atoms with Gasteiger partial charge in [-0.1, -0.05) is 19.4 Å². The van der Waals surface area contributed by atoms with Crippen LogP contribution < -0.4 is 5.73 Å². The van der Waals surface area contributed by atoms with Gasteiger partial charge in [-0.25, -0.2) is 0 Å². The summed E-state index contributed by atoms with van der Waals surface area (Å²) in [4.78, 5) is 15.9. The summed E-state index contributed by atoms with van der Waals surface area (Å²) < 4.78 is 0. The van der Waals surface area contributed by atoms with Gasteiger partial charge in [-0.15, -0.1) is 11.3 Å². The van der Waals surface area contributed by atoms with E-state index in [1.165, 1.54) is 4.88 Å². The minimum atomic E-state index is -0.0537. The van der Waals surface area contributed by atoms with Crippen molar-refractivity contribution in [2.24, 2.45) is 0 Å². The van der Waals surface area contributed by atoms with Crippen LogP contribution >= 0.6 is 11.3 Å². The van der Waals surface area contributed by atoms with E-state index in [9.17, 15) is 4.79 Å².